The Balaban J connectivity index is 1.53. The van der Waals surface area contributed by atoms with Crippen LogP contribution in [0.2, 0.25) is 0 Å². The first-order valence-electron chi connectivity index (χ1n) is 9.46. The molecule has 0 unspecified atom stereocenters. The average Bonchev–Trinajstić information content (AvgIpc) is 2.92. The molecule has 0 aliphatic carbocycles. The normalized spacial score (nSPS) is 23.7. The molecule has 2 aliphatic heterocycles. The van der Waals surface area contributed by atoms with Crippen LogP contribution in [0.4, 0.5) is 10.5 Å². The molecule has 2 fully saturated rings. The molecule has 27 heavy (non-hydrogen) atoms. The molecule has 2 atom stereocenters. The molecule has 2 heterocycles. The van der Waals surface area contributed by atoms with Gasteiger partial charge in [-0.15, -0.1) is 0 Å². The van der Waals surface area contributed by atoms with Gasteiger partial charge in [0.2, 0.25) is 0 Å². The number of benzene rings is 1. The maximum absolute atomic E-state index is 12.7. The number of hydrogen-bond donors (Lipinski definition) is 2. The van der Waals surface area contributed by atoms with E-state index < -0.39 is 6.10 Å². The first-order chi connectivity index (χ1) is 13.0. The molecular formula is C20H29N3O4. The lowest BCUT2D eigenvalue weighted by Crippen LogP contribution is -2.45. The third-order valence-electron chi connectivity index (χ3n) is 4.88. The van der Waals surface area contributed by atoms with Gasteiger partial charge in [-0.2, -0.15) is 0 Å². The smallest absolute Gasteiger partial charge is 0.321 e. The Morgan fingerprint density at radius 2 is 2.19 bits per heavy atom. The largest absolute Gasteiger partial charge is 0.489 e. The maximum Gasteiger partial charge on any atom is 0.321 e. The SMILES string of the molecule is C=C(C)COc1cccc(NC(=O)N2CCCN([C@@H]3COC[C@H]3O)CC2)c1. The minimum atomic E-state index is -0.438. The molecule has 7 heteroatoms. The number of carbonyl (C=O) groups is 1. The number of nitrogens with one attached hydrogen (secondary N) is 1. The molecule has 2 amide bonds. The van der Waals surface area contributed by atoms with E-state index in [4.69, 9.17) is 9.47 Å². The quantitative estimate of drug-likeness (QED) is 0.770. The van der Waals surface area contributed by atoms with Crippen molar-refractivity contribution in [2.45, 2.75) is 25.5 Å². The monoisotopic (exact) mass is 375 g/mol. The number of aliphatic hydroxyl groups excluding tert-OH is 1. The van der Waals surface area contributed by atoms with Crippen molar-refractivity contribution in [2.24, 2.45) is 0 Å². The molecule has 0 radical (unpaired) electrons. The molecule has 1 aromatic rings. The van der Waals surface area contributed by atoms with Crippen LogP contribution in [0.3, 0.4) is 0 Å². The van der Waals surface area contributed by atoms with Crippen LogP contribution in [0.5, 0.6) is 5.75 Å². The summed E-state index contributed by atoms with van der Waals surface area (Å²) >= 11 is 0. The summed E-state index contributed by atoms with van der Waals surface area (Å²) in [6.45, 7) is 10.1. The Hall–Kier alpha value is -2.09. The highest BCUT2D eigenvalue weighted by molar-refractivity contribution is 5.89. The highest BCUT2D eigenvalue weighted by Crippen LogP contribution is 2.19. The Labute approximate surface area is 160 Å². The van der Waals surface area contributed by atoms with Gasteiger partial charge in [0.1, 0.15) is 12.4 Å². The number of urea groups is 1. The predicted molar refractivity (Wildman–Crippen MR) is 104 cm³/mol. The molecule has 0 spiro atoms. The van der Waals surface area contributed by atoms with Gasteiger partial charge in [-0.1, -0.05) is 12.6 Å². The standard InChI is InChI=1S/C20H29N3O4/c1-15(2)12-27-17-6-3-5-16(11-17)21-20(25)23-8-4-7-22(9-10-23)18-13-26-14-19(18)24/h3,5-6,11,18-19,24H,1,4,7-10,12-14H2,2H3,(H,21,25)/t18-,19-/m1/s1. The minimum Gasteiger partial charge on any atom is -0.489 e. The van der Waals surface area contributed by atoms with E-state index in [1.54, 1.807) is 0 Å². The number of ether oxygens (including phenoxy) is 2. The van der Waals surface area contributed by atoms with Gasteiger partial charge >= 0.3 is 6.03 Å². The fourth-order valence-electron chi connectivity index (χ4n) is 3.43. The number of carbonyl (C=O) groups excluding carboxylic acids is 1. The van der Waals surface area contributed by atoms with E-state index in [1.807, 2.05) is 36.1 Å². The fourth-order valence-corrected chi connectivity index (χ4v) is 3.43. The number of hydrogen-bond acceptors (Lipinski definition) is 5. The zero-order valence-corrected chi connectivity index (χ0v) is 15.9. The number of nitrogens with zero attached hydrogens (tertiary/aromatic N) is 2. The predicted octanol–water partition coefficient (Wildman–Crippen LogP) is 1.94. The Bertz CT molecular complexity index is 666. The summed E-state index contributed by atoms with van der Waals surface area (Å²) in [6.07, 6.45) is 0.436. The van der Waals surface area contributed by atoms with E-state index >= 15 is 0 Å². The maximum atomic E-state index is 12.7. The van der Waals surface area contributed by atoms with Crippen molar-refractivity contribution in [3.05, 3.63) is 36.4 Å². The third-order valence-corrected chi connectivity index (χ3v) is 4.88. The Morgan fingerprint density at radius 3 is 2.93 bits per heavy atom. The summed E-state index contributed by atoms with van der Waals surface area (Å²) in [5, 5.41) is 13.0. The van der Waals surface area contributed by atoms with Gasteiger partial charge in [0, 0.05) is 37.9 Å². The minimum absolute atomic E-state index is 0.0372. The molecule has 148 valence electrons. The van der Waals surface area contributed by atoms with E-state index in [0.717, 1.165) is 25.1 Å². The highest BCUT2D eigenvalue weighted by atomic mass is 16.5. The van der Waals surface area contributed by atoms with Gasteiger partial charge in [0.25, 0.3) is 0 Å². The average molecular weight is 375 g/mol. The van der Waals surface area contributed by atoms with Gasteiger partial charge in [-0.05, 0) is 31.1 Å². The van der Waals surface area contributed by atoms with Crippen molar-refractivity contribution >= 4 is 11.7 Å². The van der Waals surface area contributed by atoms with Crippen LogP contribution >= 0.6 is 0 Å². The second kappa shape index (κ2) is 9.21. The lowest BCUT2D eigenvalue weighted by Gasteiger charge is -2.28. The van der Waals surface area contributed by atoms with Crippen LogP contribution in [0, 0.1) is 0 Å². The molecular weight excluding hydrogens is 346 g/mol. The molecule has 7 nitrogen and oxygen atoms in total. The van der Waals surface area contributed by atoms with Crippen LogP contribution in [0.25, 0.3) is 0 Å². The molecule has 2 aliphatic rings. The molecule has 3 rings (SSSR count). The first kappa shape index (κ1) is 19.7. The lowest BCUT2D eigenvalue weighted by molar-refractivity contribution is 0.0845. The van der Waals surface area contributed by atoms with E-state index in [1.165, 1.54) is 0 Å². The van der Waals surface area contributed by atoms with Crippen molar-refractivity contribution in [1.82, 2.24) is 9.80 Å². The van der Waals surface area contributed by atoms with E-state index in [-0.39, 0.29) is 12.1 Å². The van der Waals surface area contributed by atoms with Gasteiger partial charge in [0.05, 0.1) is 25.4 Å². The van der Waals surface area contributed by atoms with Crippen molar-refractivity contribution in [3.63, 3.8) is 0 Å². The molecule has 1 aromatic carbocycles. The summed E-state index contributed by atoms with van der Waals surface area (Å²) < 4.78 is 11.0. The second-order valence-electron chi connectivity index (χ2n) is 7.25. The Morgan fingerprint density at radius 1 is 1.33 bits per heavy atom. The van der Waals surface area contributed by atoms with Crippen LogP contribution in [-0.4, -0.2) is 79.1 Å². The van der Waals surface area contributed by atoms with Crippen LogP contribution in [-0.2, 0) is 4.74 Å². The molecule has 0 saturated carbocycles. The van der Waals surface area contributed by atoms with Gasteiger partial charge < -0.3 is 24.8 Å². The second-order valence-corrected chi connectivity index (χ2v) is 7.25. The van der Waals surface area contributed by atoms with Gasteiger partial charge in [-0.3, -0.25) is 4.90 Å². The van der Waals surface area contributed by atoms with Crippen LogP contribution in [0.1, 0.15) is 13.3 Å². The highest BCUT2D eigenvalue weighted by Gasteiger charge is 2.33. The first-order valence-corrected chi connectivity index (χ1v) is 9.46. The van der Waals surface area contributed by atoms with E-state index in [2.05, 4.69) is 16.8 Å². The lowest BCUT2D eigenvalue weighted by atomic mass is 10.2. The third kappa shape index (κ3) is 5.45. The van der Waals surface area contributed by atoms with E-state index in [9.17, 15) is 9.90 Å². The fraction of sp³-hybridized carbons (Fsp3) is 0.550. The summed E-state index contributed by atoms with van der Waals surface area (Å²) in [6, 6.07) is 7.30. The zero-order chi connectivity index (χ0) is 19.2. The number of rotatable bonds is 5. The van der Waals surface area contributed by atoms with Crippen molar-refractivity contribution in [2.75, 3.05) is 51.3 Å². The van der Waals surface area contributed by atoms with Crippen molar-refractivity contribution in [3.8, 4) is 5.75 Å². The summed E-state index contributed by atoms with van der Waals surface area (Å²) in [4.78, 5) is 16.7. The molecule has 0 bridgehead atoms. The summed E-state index contributed by atoms with van der Waals surface area (Å²) in [5.41, 5.74) is 1.65. The number of aliphatic hydroxyl groups is 1. The zero-order valence-electron chi connectivity index (χ0n) is 15.9. The van der Waals surface area contributed by atoms with Crippen LogP contribution in [0.15, 0.2) is 36.4 Å². The van der Waals surface area contributed by atoms with Crippen LogP contribution < -0.4 is 10.1 Å². The number of anilines is 1. The molecule has 2 N–H and O–H groups in total. The topological polar surface area (TPSA) is 74.3 Å². The van der Waals surface area contributed by atoms with Gasteiger partial charge in [0.15, 0.2) is 0 Å². The molecule has 2 saturated heterocycles. The molecule has 0 aromatic heterocycles. The van der Waals surface area contributed by atoms with Crippen molar-refractivity contribution < 1.29 is 19.4 Å². The van der Waals surface area contributed by atoms with E-state index in [0.29, 0.717) is 44.3 Å². The Kier molecular flexibility index (Phi) is 6.71. The summed E-state index contributed by atoms with van der Waals surface area (Å²) in [7, 11) is 0. The summed E-state index contributed by atoms with van der Waals surface area (Å²) in [5.74, 6) is 0.702. The van der Waals surface area contributed by atoms with Crippen molar-refractivity contribution in [1.29, 1.82) is 0 Å². The number of amides is 2. The van der Waals surface area contributed by atoms with Gasteiger partial charge in [-0.25, -0.2) is 4.79 Å².